The van der Waals surface area contributed by atoms with Crippen LogP contribution in [0.4, 0.5) is 0 Å². The molecule has 6 heteroatoms. The summed E-state index contributed by atoms with van der Waals surface area (Å²) in [6.45, 7) is 4.77. The SMILES string of the molecule is CCn1cnnc1CNC(C)C(=O)O. The van der Waals surface area contributed by atoms with Gasteiger partial charge >= 0.3 is 5.97 Å². The highest BCUT2D eigenvalue weighted by atomic mass is 16.4. The Bertz CT molecular complexity index is 310. The Balaban J connectivity index is 2.49. The summed E-state index contributed by atoms with van der Waals surface area (Å²) in [7, 11) is 0. The van der Waals surface area contributed by atoms with Gasteiger partial charge in [0.05, 0.1) is 6.54 Å². The lowest BCUT2D eigenvalue weighted by atomic mass is 10.3. The predicted octanol–water partition coefficient (Wildman–Crippen LogP) is -0.139. The molecule has 1 rings (SSSR count). The lowest BCUT2D eigenvalue weighted by Gasteiger charge is -2.08. The molecule has 2 N–H and O–H groups in total. The first-order valence-electron chi connectivity index (χ1n) is 4.48. The maximum atomic E-state index is 10.5. The Morgan fingerprint density at radius 3 is 3.07 bits per heavy atom. The second kappa shape index (κ2) is 4.71. The molecule has 0 aliphatic rings. The van der Waals surface area contributed by atoms with Gasteiger partial charge < -0.3 is 9.67 Å². The molecule has 1 unspecified atom stereocenters. The minimum absolute atomic E-state index is 0.418. The number of carboxylic acid groups (broad SMARTS) is 1. The Kier molecular flexibility index (Phi) is 3.58. The normalized spacial score (nSPS) is 12.7. The number of hydrogen-bond acceptors (Lipinski definition) is 4. The van der Waals surface area contributed by atoms with Crippen molar-refractivity contribution >= 4 is 5.97 Å². The maximum absolute atomic E-state index is 10.5. The van der Waals surface area contributed by atoms with E-state index in [1.807, 2.05) is 11.5 Å². The highest BCUT2D eigenvalue weighted by molar-refractivity contribution is 5.72. The van der Waals surface area contributed by atoms with Gasteiger partial charge in [-0.1, -0.05) is 0 Å². The number of aliphatic carboxylic acids is 1. The monoisotopic (exact) mass is 198 g/mol. The Hall–Kier alpha value is -1.43. The van der Waals surface area contributed by atoms with Crippen LogP contribution in [0.1, 0.15) is 19.7 Å². The molecule has 0 bridgehead atoms. The van der Waals surface area contributed by atoms with Crippen LogP contribution in [-0.2, 0) is 17.9 Å². The number of hydrogen-bond donors (Lipinski definition) is 2. The molecule has 6 nitrogen and oxygen atoms in total. The largest absolute Gasteiger partial charge is 0.480 e. The fourth-order valence-corrected chi connectivity index (χ4v) is 1.01. The molecule has 0 fully saturated rings. The molecule has 78 valence electrons. The minimum atomic E-state index is -0.868. The number of carboxylic acids is 1. The van der Waals surface area contributed by atoms with Gasteiger partial charge in [0.2, 0.25) is 0 Å². The number of carbonyl (C=O) groups is 1. The lowest BCUT2D eigenvalue weighted by Crippen LogP contribution is -2.33. The Morgan fingerprint density at radius 2 is 2.50 bits per heavy atom. The van der Waals surface area contributed by atoms with Crippen LogP contribution in [-0.4, -0.2) is 31.9 Å². The van der Waals surface area contributed by atoms with Crippen molar-refractivity contribution in [2.24, 2.45) is 0 Å². The summed E-state index contributed by atoms with van der Waals surface area (Å²) >= 11 is 0. The molecule has 0 saturated carbocycles. The quantitative estimate of drug-likeness (QED) is 0.688. The van der Waals surface area contributed by atoms with Crippen molar-refractivity contribution < 1.29 is 9.90 Å². The third kappa shape index (κ3) is 2.53. The van der Waals surface area contributed by atoms with E-state index < -0.39 is 12.0 Å². The van der Waals surface area contributed by atoms with Crippen molar-refractivity contribution in [3.63, 3.8) is 0 Å². The van der Waals surface area contributed by atoms with E-state index in [2.05, 4.69) is 15.5 Å². The van der Waals surface area contributed by atoms with Crippen molar-refractivity contribution in [3.8, 4) is 0 Å². The standard InChI is InChI=1S/C8H14N4O2/c1-3-12-5-10-11-7(12)4-9-6(2)8(13)14/h5-6,9H,3-4H2,1-2H3,(H,13,14). The average Bonchev–Trinajstić information content (AvgIpc) is 2.60. The molecule has 1 aromatic heterocycles. The highest BCUT2D eigenvalue weighted by Gasteiger charge is 2.11. The van der Waals surface area contributed by atoms with Crippen molar-refractivity contribution in [2.45, 2.75) is 33.0 Å². The zero-order valence-corrected chi connectivity index (χ0v) is 8.27. The molecule has 0 aromatic carbocycles. The zero-order chi connectivity index (χ0) is 10.6. The fourth-order valence-electron chi connectivity index (χ4n) is 1.01. The van der Waals surface area contributed by atoms with Gasteiger partial charge in [0.25, 0.3) is 0 Å². The van der Waals surface area contributed by atoms with Crippen LogP contribution in [0.5, 0.6) is 0 Å². The molecule has 0 aliphatic carbocycles. The topological polar surface area (TPSA) is 80.0 Å². The number of aromatic nitrogens is 3. The first-order valence-corrected chi connectivity index (χ1v) is 4.48. The summed E-state index contributed by atoms with van der Waals surface area (Å²) in [4.78, 5) is 10.5. The number of nitrogens with one attached hydrogen (secondary N) is 1. The van der Waals surface area contributed by atoms with Gasteiger partial charge in [-0.3, -0.25) is 10.1 Å². The molecule has 0 spiro atoms. The van der Waals surface area contributed by atoms with E-state index in [4.69, 9.17) is 5.11 Å². The predicted molar refractivity (Wildman–Crippen MR) is 49.6 cm³/mol. The molecule has 0 amide bonds. The molecule has 1 aromatic rings. The number of nitrogens with zero attached hydrogens (tertiary/aromatic N) is 3. The van der Waals surface area contributed by atoms with Gasteiger partial charge in [-0.25, -0.2) is 0 Å². The van der Waals surface area contributed by atoms with Gasteiger partial charge in [0.1, 0.15) is 18.2 Å². The fraction of sp³-hybridized carbons (Fsp3) is 0.625. The summed E-state index contributed by atoms with van der Waals surface area (Å²) in [6.07, 6.45) is 1.63. The van der Waals surface area contributed by atoms with Crippen molar-refractivity contribution in [1.82, 2.24) is 20.1 Å². The molecule has 0 radical (unpaired) electrons. The Labute approximate surface area is 82.0 Å². The van der Waals surface area contributed by atoms with Crippen LogP contribution in [0.25, 0.3) is 0 Å². The van der Waals surface area contributed by atoms with Crippen molar-refractivity contribution in [3.05, 3.63) is 12.2 Å². The smallest absolute Gasteiger partial charge is 0.320 e. The molecule has 0 saturated heterocycles. The maximum Gasteiger partial charge on any atom is 0.320 e. The lowest BCUT2D eigenvalue weighted by molar-refractivity contribution is -0.139. The first kappa shape index (κ1) is 10.6. The zero-order valence-electron chi connectivity index (χ0n) is 8.27. The van der Waals surface area contributed by atoms with E-state index >= 15 is 0 Å². The van der Waals surface area contributed by atoms with E-state index in [1.54, 1.807) is 13.3 Å². The summed E-state index contributed by atoms with van der Waals surface area (Å²) in [5, 5.41) is 19.1. The molecule has 1 atom stereocenters. The summed E-state index contributed by atoms with van der Waals surface area (Å²) < 4.78 is 1.86. The molecule has 0 aliphatic heterocycles. The first-order chi connectivity index (χ1) is 6.65. The Morgan fingerprint density at radius 1 is 1.79 bits per heavy atom. The van der Waals surface area contributed by atoms with E-state index in [9.17, 15) is 4.79 Å². The average molecular weight is 198 g/mol. The van der Waals surface area contributed by atoms with Crippen LogP contribution in [0.3, 0.4) is 0 Å². The van der Waals surface area contributed by atoms with Crippen LogP contribution < -0.4 is 5.32 Å². The summed E-state index contributed by atoms with van der Waals surface area (Å²) in [5.74, 6) is -0.117. The second-order valence-electron chi connectivity index (χ2n) is 2.97. The van der Waals surface area contributed by atoms with Crippen LogP contribution in [0.15, 0.2) is 6.33 Å². The number of aryl methyl sites for hydroxylation is 1. The number of rotatable bonds is 5. The van der Waals surface area contributed by atoms with Crippen LogP contribution >= 0.6 is 0 Å². The van der Waals surface area contributed by atoms with Crippen molar-refractivity contribution in [2.75, 3.05) is 0 Å². The van der Waals surface area contributed by atoms with Gasteiger partial charge in [-0.15, -0.1) is 10.2 Å². The van der Waals surface area contributed by atoms with Crippen molar-refractivity contribution in [1.29, 1.82) is 0 Å². The molecular weight excluding hydrogens is 184 g/mol. The van der Waals surface area contributed by atoms with Gasteiger partial charge in [0.15, 0.2) is 0 Å². The third-order valence-electron chi connectivity index (χ3n) is 1.97. The van der Waals surface area contributed by atoms with E-state index in [1.165, 1.54) is 0 Å². The second-order valence-corrected chi connectivity index (χ2v) is 2.97. The molecular formula is C8H14N4O2. The van der Waals surface area contributed by atoms with E-state index in [0.29, 0.717) is 6.54 Å². The van der Waals surface area contributed by atoms with Gasteiger partial charge in [-0.2, -0.15) is 0 Å². The third-order valence-corrected chi connectivity index (χ3v) is 1.97. The summed E-state index contributed by atoms with van der Waals surface area (Å²) in [5.41, 5.74) is 0. The van der Waals surface area contributed by atoms with Crippen LogP contribution in [0.2, 0.25) is 0 Å². The summed E-state index contributed by atoms with van der Waals surface area (Å²) in [6, 6.07) is -0.572. The molecule has 14 heavy (non-hydrogen) atoms. The van der Waals surface area contributed by atoms with Crippen LogP contribution in [0, 0.1) is 0 Å². The van der Waals surface area contributed by atoms with Gasteiger partial charge in [-0.05, 0) is 13.8 Å². The van der Waals surface area contributed by atoms with E-state index in [-0.39, 0.29) is 0 Å². The minimum Gasteiger partial charge on any atom is -0.480 e. The van der Waals surface area contributed by atoms with E-state index in [0.717, 1.165) is 12.4 Å². The molecule has 1 heterocycles. The van der Waals surface area contributed by atoms with Gasteiger partial charge in [0, 0.05) is 6.54 Å². The highest BCUT2D eigenvalue weighted by Crippen LogP contribution is 1.95.